The van der Waals surface area contributed by atoms with Crippen molar-refractivity contribution in [1.29, 1.82) is 0 Å². The maximum Gasteiger partial charge on any atom is 0.342 e. The van der Waals surface area contributed by atoms with E-state index >= 15 is 0 Å². The molecule has 1 N–H and O–H groups in total. The van der Waals surface area contributed by atoms with E-state index in [9.17, 15) is 14.4 Å². The number of hydrogen-bond donors (Lipinski definition) is 1. The van der Waals surface area contributed by atoms with Crippen LogP contribution in [0.1, 0.15) is 27.6 Å². The number of esters is 2. The predicted molar refractivity (Wildman–Crippen MR) is 84.6 cm³/mol. The van der Waals surface area contributed by atoms with Crippen molar-refractivity contribution in [2.75, 3.05) is 13.2 Å². The molecule has 0 atom stereocenters. The van der Waals surface area contributed by atoms with Gasteiger partial charge < -0.3 is 14.8 Å². The average Bonchev–Trinajstić information content (AvgIpc) is 2.59. The molecule has 1 aromatic heterocycles. The first-order chi connectivity index (χ1) is 11.6. The van der Waals surface area contributed by atoms with Crippen molar-refractivity contribution >= 4 is 17.8 Å². The van der Waals surface area contributed by atoms with Gasteiger partial charge in [-0.3, -0.25) is 14.6 Å². The average molecular weight is 328 g/mol. The fraction of sp³-hybridized carbons (Fsp3) is 0.176. The standard InChI is InChI=1S/C17H16N2O5/c1-12(20)24-15-7-3-2-6-14(15)17(22)23-10-9-19-16(21)13-5-4-8-18-11-13/h2-8,11H,9-10H2,1H3,(H,19,21). The summed E-state index contributed by atoms with van der Waals surface area (Å²) in [5.74, 6) is -1.34. The third kappa shape index (κ3) is 4.91. The molecule has 0 bridgehead atoms. The van der Waals surface area contributed by atoms with Crippen molar-refractivity contribution in [3.05, 3.63) is 59.9 Å². The smallest absolute Gasteiger partial charge is 0.342 e. The predicted octanol–water partition coefficient (Wildman–Crippen LogP) is 1.59. The fourth-order valence-corrected chi connectivity index (χ4v) is 1.86. The van der Waals surface area contributed by atoms with Gasteiger partial charge >= 0.3 is 11.9 Å². The molecule has 0 aliphatic rings. The Morgan fingerprint density at radius 1 is 1.12 bits per heavy atom. The first kappa shape index (κ1) is 17.1. The third-order valence-electron chi connectivity index (χ3n) is 2.91. The fourth-order valence-electron chi connectivity index (χ4n) is 1.86. The first-order valence-electron chi connectivity index (χ1n) is 7.20. The quantitative estimate of drug-likeness (QED) is 0.492. The van der Waals surface area contributed by atoms with Crippen LogP contribution in [0.25, 0.3) is 0 Å². The Morgan fingerprint density at radius 3 is 2.62 bits per heavy atom. The number of aromatic nitrogens is 1. The molecule has 0 saturated heterocycles. The summed E-state index contributed by atoms with van der Waals surface area (Å²) in [5.41, 5.74) is 0.565. The summed E-state index contributed by atoms with van der Waals surface area (Å²) in [6.07, 6.45) is 3.01. The van der Waals surface area contributed by atoms with E-state index in [2.05, 4.69) is 10.3 Å². The van der Waals surface area contributed by atoms with E-state index in [4.69, 9.17) is 9.47 Å². The van der Waals surface area contributed by atoms with E-state index in [1.807, 2.05) is 0 Å². The third-order valence-corrected chi connectivity index (χ3v) is 2.91. The maximum atomic E-state index is 12.0. The molecule has 2 aromatic rings. The van der Waals surface area contributed by atoms with E-state index in [0.717, 1.165) is 0 Å². The van der Waals surface area contributed by atoms with Crippen molar-refractivity contribution < 1.29 is 23.9 Å². The number of para-hydroxylation sites is 1. The zero-order chi connectivity index (χ0) is 17.4. The van der Waals surface area contributed by atoms with E-state index in [0.29, 0.717) is 5.56 Å². The van der Waals surface area contributed by atoms with E-state index in [1.54, 1.807) is 30.5 Å². The van der Waals surface area contributed by atoms with Crippen LogP contribution >= 0.6 is 0 Å². The molecule has 124 valence electrons. The van der Waals surface area contributed by atoms with Gasteiger partial charge in [0.25, 0.3) is 5.91 Å². The Balaban J connectivity index is 1.84. The van der Waals surface area contributed by atoms with Crippen LogP contribution in [0.2, 0.25) is 0 Å². The number of ether oxygens (including phenoxy) is 2. The number of hydrogen-bond acceptors (Lipinski definition) is 6. The molecular formula is C17H16N2O5. The van der Waals surface area contributed by atoms with Crippen molar-refractivity contribution in [2.24, 2.45) is 0 Å². The van der Waals surface area contributed by atoms with Gasteiger partial charge in [-0.1, -0.05) is 12.1 Å². The molecule has 7 heteroatoms. The van der Waals surface area contributed by atoms with Crippen LogP contribution < -0.4 is 10.1 Å². The van der Waals surface area contributed by atoms with Crippen LogP contribution in [0.15, 0.2) is 48.8 Å². The highest BCUT2D eigenvalue weighted by Gasteiger charge is 2.15. The molecule has 24 heavy (non-hydrogen) atoms. The number of rotatable bonds is 6. The molecular weight excluding hydrogens is 312 g/mol. The Kier molecular flexibility index (Phi) is 6.01. The van der Waals surface area contributed by atoms with Gasteiger partial charge in [0.2, 0.25) is 0 Å². The Bertz CT molecular complexity index is 731. The Morgan fingerprint density at radius 2 is 1.92 bits per heavy atom. The van der Waals surface area contributed by atoms with Gasteiger partial charge in [-0.2, -0.15) is 0 Å². The number of nitrogens with one attached hydrogen (secondary N) is 1. The van der Waals surface area contributed by atoms with Crippen LogP contribution in [-0.4, -0.2) is 36.0 Å². The minimum atomic E-state index is -0.637. The number of pyridine rings is 1. The van der Waals surface area contributed by atoms with Gasteiger partial charge in [0.05, 0.1) is 12.1 Å². The molecule has 0 unspecified atom stereocenters. The first-order valence-corrected chi connectivity index (χ1v) is 7.20. The molecule has 1 aromatic carbocycles. The molecule has 1 amide bonds. The zero-order valence-corrected chi connectivity index (χ0v) is 13.0. The SMILES string of the molecule is CC(=O)Oc1ccccc1C(=O)OCCNC(=O)c1cccnc1. The van der Waals surface area contributed by atoms with Crippen LogP contribution in [0.3, 0.4) is 0 Å². The van der Waals surface area contributed by atoms with Gasteiger partial charge in [-0.15, -0.1) is 0 Å². The summed E-state index contributed by atoms with van der Waals surface area (Å²) >= 11 is 0. The molecule has 0 saturated carbocycles. The van der Waals surface area contributed by atoms with Gasteiger partial charge in [-0.05, 0) is 24.3 Å². The second kappa shape index (κ2) is 8.42. The summed E-state index contributed by atoms with van der Waals surface area (Å²) in [6, 6.07) is 9.55. The zero-order valence-electron chi connectivity index (χ0n) is 13.0. The van der Waals surface area contributed by atoms with E-state index < -0.39 is 11.9 Å². The molecule has 0 spiro atoms. The normalized spacial score (nSPS) is 9.88. The maximum absolute atomic E-state index is 12.0. The number of carbonyl (C=O) groups excluding carboxylic acids is 3. The van der Waals surface area contributed by atoms with E-state index in [1.165, 1.54) is 25.3 Å². The van der Waals surface area contributed by atoms with Crippen LogP contribution in [0.5, 0.6) is 5.75 Å². The monoisotopic (exact) mass is 328 g/mol. The highest BCUT2D eigenvalue weighted by atomic mass is 16.5. The summed E-state index contributed by atoms with van der Waals surface area (Å²) in [4.78, 5) is 38.7. The van der Waals surface area contributed by atoms with Gasteiger partial charge in [0.1, 0.15) is 17.9 Å². The highest BCUT2D eigenvalue weighted by Crippen LogP contribution is 2.19. The number of amides is 1. The van der Waals surface area contributed by atoms with Crippen LogP contribution in [-0.2, 0) is 9.53 Å². The Hall–Kier alpha value is -3.22. The van der Waals surface area contributed by atoms with Gasteiger partial charge in [0, 0.05) is 19.3 Å². The summed E-state index contributed by atoms with van der Waals surface area (Å²) in [7, 11) is 0. The minimum absolute atomic E-state index is 0.0146. The van der Waals surface area contributed by atoms with Crippen LogP contribution in [0, 0.1) is 0 Å². The van der Waals surface area contributed by atoms with E-state index in [-0.39, 0.29) is 30.4 Å². The molecule has 2 rings (SSSR count). The second-order valence-corrected chi connectivity index (χ2v) is 4.72. The molecule has 0 radical (unpaired) electrons. The topological polar surface area (TPSA) is 94.6 Å². The molecule has 0 aliphatic heterocycles. The lowest BCUT2D eigenvalue weighted by atomic mass is 10.2. The molecule has 0 fully saturated rings. The van der Waals surface area contributed by atoms with Gasteiger partial charge in [0.15, 0.2) is 0 Å². The van der Waals surface area contributed by atoms with Crippen molar-refractivity contribution in [3.8, 4) is 5.75 Å². The molecule has 7 nitrogen and oxygen atoms in total. The minimum Gasteiger partial charge on any atom is -0.460 e. The largest absolute Gasteiger partial charge is 0.460 e. The van der Waals surface area contributed by atoms with Crippen molar-refractivity contribution in [1.82, 2.24) is 10.3 Å². The van der Waals surface area contributed by atoms with Crippen molar-refractivity contribution in [3.63, 3.8) is 0 Å². The second-order valence-electron chi connectivity index (χ2n) is 4.72. The number of nitrogens with zero attached hydrogens (tertiary/aromatic N) is 1. The number of carbonyl (C=O) groups is 3. The van der Waals surface area contributed by atoms with Crippen LogP contribution in [0.4, 0.5) is 0 Å². The number of benzene rings is 1. The summed E-state index contributed by atoms with van der Waals surface area (Å²) < 4.78 is 10.0. The lowest BCUT2D eigenvalue weighted by Gasteiger charge is -2.09. The van der Waals surface area contributed by atoms with Crippen molar-refractivity contribution in [2.45, 2.75) is 6.92 Å². The Labute approximate surface area is 138 Å². The van der Waals surface area contributed by atoms with Gasteiger partial charge in [-0.25, -0.2) is 4.79 Å². The summed E-state index contributed by atoms with van der Waals surface area (Å²) in [6.45, 7) is 1.38. The lowest BCUT2D eigenvalue weighted by Crippen LogP contribution is -2.28. The highest BCUT2D eigenvalue weighted by molar-refractivity contribution is 5.94. The molecule has 1 heterocycles. The summed E-state index contributed by atoms with van der Waals surface area (Å²) in [5, 5.41) is 2.61. The molecule has 0 aliphatic carbocycles. The lowest BCUT2D eigenvalue weighted by molar-refractivity contribution is -0.131.